The number of phenols is 1. The summed E-state index contributed by atoms with van der Waals surface area (Å²) < 4.78 is 6.04. The van der Waals surface area contributed by atoms with Gasteiger partial charge in [-0.05, 0) is 83.4 Å². The topological polar surface area (TPSA) is 87.0 Å². The summed E-state index contributed by atoms with van der Waals surface area (Å²) in [6, 6.07) is 0. The van der Waals surface area contributed by atoms with E-state index in [9.17, 15) is 20.1 Å². The lowest BCUT2D eigenvalue weighted by molar-refractivity contribution is -0.147. The van der Waals surface area contributed by atoms with Crippen LogP contribution in [0.15, 0.2) is 0 Å². The maximum atomic E-state index is 11.2. The van der Waals surface area contributed by atoms with Crippen LogP contribution >= 0.6 is 0 Å². The van der Waals surface area contributed by atoms with Crippen molar-refractivity contribution < 1.29 is 24.9 Å². The molecule has 0 saturated heterocycles. The van der Waals surface area contributed by atoms with Gasteiger partial charge in [0.2, 0.25) is 0 Å². The number of carboxylic acid groups (broad SMARTS) is 1. The smallest absolute Gasteiger partial charge is 0.309 e. The second-order valence-electron chi connectivity index (χ2n) is 7.77. The highest BCUT2D eigenvalue weighted by molar-refractivity contribution is 5.73. The molecule has 0 saturated carbocycles. The number of aliphatic carboxylic acids is 1. The number of phenolic OH excluding ortho intramolecular Hbond substituents is 1. The number of benzene rings is 1. The van der Waals surface area contributed by atoms with E-state index >= 15 is 0 Å². The first-order chi connectivity index (χ1) is 12.0. The number of rotatable bonds is 10. The van der Waals surface area contributed by atoms with Gasteiger partial charge >= 0.3 is 5.97 Å². The van der Waals surface area contributed by atoms with Crippen LogP contribution in [0.5, 0.6) is 11.5 Å². The van der Waals surface area contributed by atoms with Crippen molar-refractivity contribution in [2.24, 2.45) is 5.41 Å². The third-order valence-corrected chi connectivity index (χ3v) is 5.31. The Kier molecular flexibility index (Phi) is 7.94. The molecule has 0 spiro atoms. The minimum Gasteiger partial charge on any atom is -0.507 e. The standard InChI is InChI=1S/C21H34O5/c1-7-16(22)9-10-17-15(4)18(23)13(2)14(3)19(17)26-12-8-11-21(5,6)20(24)25/h16,22-23H,7-12H2,1-6H3,(H,24,25). The molecule has 0 amide bonds. The second kappa shape index (κ2) is 9.26. The summed E-state index contributed by atoms with van der Waals surface area (Å²) in [5.74, 6) is 0.233. The van der Waals surface area contributed by atoms with E-state index in [4.69, 9.17) is 4.74 Å². The first kappa shape index (κ1) is 22.3. The molecule has 0 heterocycles. The predicted octanol–water partition coefficient (Wildman–Crippen LogP) is 4.29. The molecule has 0 radical (unpaired) electrons. The second-order valence-corrected chi connectivity index (χ2v) is 7.77. The van der Waals surface area contributed by atoms with E-state index in [0.29, 0.717) is 38.7 Å². The van der Waals surface area contributed by atoms with Gasteiger partial charge in [0.1, 0.15) is 11.5 Å². The van der Waals surface area contributed by atoms with Gasteiger partial charge in [0, 0.05) is 5.56 Å². The molecule has 0 aliphatic carbocycles. The van der Waals surface area contributed by atoms with E-state index in [1.165, 1.54) is 0 Å². The van der Waals surface area contributed by atoms with E-state index in [-0.39, 0.29) is 11.9 Å². The van der Waals surface area contributed by atoms with Crippen molar-refractivity contribution in [1.29, 1.82) is 0 Å². The molecule has 0 bridgehead atoms. The zero-order valence-corrected chi connectivity index (χ0v) is 17.0. The number of carboxylic acids is 1. The Balaban J connectivity index is 2.96. The molecule has 5 nitrogen and oxygen atoms in total. The van der Waals surface area contributed by atoms with Gasteiger partial charge in [-0.2, -0.15) is 0 Å². The van der Waals surface area contributed by atoms with Crippen LogP contribution in [0.1, 0.15) is 68.7 Å². The van der Waals surface area contributed by atoms with E-state index < -0.39 is 11.4 Å². The Bertz CT molecular complexity index is 634. The van der Waals surface area contributed by atoms with Crippen molar-refractivity contribution in [3.63, 3.8) is 0 Å². The molecule has 1 aromatic rings. The van der Waals surface area contributed by atoms with Crippen LogP contribution in [-0.4, -0.2) is 34.0 Å². The summed E-state index contributed by atoms with van der Waals surface area (Å²) in [7, 11) is 0. The lowest BCUT2D eigenvalue weighted by Gasteiger charge is -2.22. The van der Waals surface area contributed by atoms with Gasteiger partial charge in [-0.3, -0.25) is 4.79 Å². The molecule has 26 heavy (non-hydrogen) atoms. The molecular weight excluding hydrogens is 332 g/mol. The number of hydrogen-bond acceptors (Lipinski definition) is 4. The molecule has 0 aliphatic rings. The monoisotopic (exact) mass is 366 g/mol. The minimum atomic E-state index is -0.806. The van der Waals surface area contributed by atoms with E-state index in [2.05, 4.69) is 0 Å². The Hall–Kier alpha value is -1.75. The fourth-order valence-corrected chi connectivity index (χ4v) is 2.98. The highest BCUT2D eigenvalue weighted by Crippen LogP contribution is 2.38. The lowest BCUT2D eigenvalue weighted by Crippen LogP contribution is -2.24. The van der Waals surface area contributed by atoms with Crippen molar-refractivity contribution in [3.05, 3.63) is 22.3 Å². The zero-order valence-electron chi connectivity index (χ0n) is 17.0. The average Bonchev–Trinajstić information content (AvgIpc) is 2.59. The molecule has 0 fully saturated rings. The van der Waals surface area contributed by atoms with E-state index in [1.807, 2.05) is 27.7 Å². The van der Waals surface area contributed by atoms with Gasteiger partial charge in [0.25, 0.3) is 0 Å². The number of aromatic hydroxyl groups is 1. The minimum absolute atomic E-state index is 0.280. The molecule has 148 valence electrons. The first-order valence-electron chi connectivity index (χ1n) is 9.38. The number of ether oxygens (including phenoxy) is 1. The predicted molar refractivity (Wildman–Crippen MR) is 103 cm³/mol. The Morgan fingerprint density at radius 3 is 2.31 bits per heavy atom. The molecule has 1 aromatic carbocycles. The molecule has 5 heteroatoms. The molecule has 1 unspecified atom stereocenters. The summed E-state index contributed by atoms with van der Waals surface area (Å²) in [6.07, 6.45) is 2.72. The summed E-state index contributed by atoms with van der Waals surface area (Å²) >= 11 is 0. The van der Waals surface area contributed by atoms with Crippen molar-refractivity contribution >= 4 is 5.97 Å². The lowest BCUT2D eigenvalue weighted by atomic mass is 9.88. The fraction of sp³-hybridized carbons (Fsp3) is 0.667. The van der Waals surface area contributed by atoms with Crippen LogP contribution < -0.4 is 4.74 Å². The van der Waals surface area contributed by atoms with Crippen LogP contribution in [0.4, 0.5) is 0 Å². The van der Waals surface area contributed by atoms with Gasteiger partial charge in [-0.25, -0.2) is 0 Å². The third-order valence-electron chi connectivity index (χ3n) is 5.31. The summed E-state index contributed by atoms with van der Waals surface area (Å²) in [5.41, 5.74) is 2.63. The van der Waals surface area contributed by atoms with Crippen molar-refractivity contribution in [3.8, 4) is 11.5 Å². The Labute approximate surface area is 157 Å². The molecule has 0 aromatic heterocycles. The van der Waals surface area contributed by atoms with Crippen LogP contribution in [0.3, 0.4) is 0 Å². The van der Waals surface area contributed by atoms with Crippen LogP contribution in [0, 0.1) is 26.2 Å². The highest BCUT2D eigenvalue weighted by Gasteiger charge is 2.26. The maximum absolute atomic E-state index is 11.2. The van der Waals surface area contributed by atoms with Crippen LogP contribution in [-0.2, 0) is 11.2 Å². The Morgan fingerprint density at radius 2 is 1.77 bits per heavy atom. The number of aliphatic hydroxyl groups excluding tert-OH is 1. The van der Waals surface area contributed by atoms with Gasteiger partial charge < -0.3 is 20.1 Å². The molecule has 3 N–H and O–H groups in total. The van der Waals surface area contributed by atoms with E-state index in [1.54, 1.807) is 13.8 Å². The number of carbonyl (C=O) groups is 1. The summed E-state index contributed by atoms with van der Waals surface area (Å²) in [4.78, 5) is 11.2. The molecule has 1 atom stereocenters. The fourth-order valence-electron chi connectivity index (χ4n) is 2.98. The first-order valence-corrected chi connectivity index (χ1v) is 9.38. The SMILES string of the molecule is CCC(O)CCc1c(C)c(O)c(C)c(C)c1OCCCC(C)(C)C(=O)O. The third kappa shape index (κ3) is 5.37. The molecular formula is C21H34O5. The largest absolute Gasteiger partial charge is 0.507 e. The van der Waals surface area contributed by atoms with Crippen molar-refractivity contribution in [2.75, 3.05) is 6.61 Å². The van der Waals surface area contributed by atoms with Crippen LogP contribution in [0.2, 0.25) is 0 Å². The van der Waals surface area contributed by atoms with Gasteiger partial charge in [-0.15, -0.1) is 0 Å². The molecule has 0 aliphatic heterocycles. The maximum Gasteiger partial charge on any atom is 0.309 e. The number of aliphatic hydroxyl groups is 1. The van der Waals surface area contributed by atoms with Gasteiger partial charge in [0.15, 0.2) is 0 Å². The average molecular weight is 366 g/mol. The molecule has 1 rings (SSSR count). The van der Waals surface area contributed by atoms with Crippen molar-refractivity contribution in [1.82, 2.24) is 0 Å². The van der Waals surface area contributed by atoms with E-state index in [0.717, 1.165) is 28.0 Å². The highest BCUT2D eigenvalue weighted by atomic mass is 16.5. The summed E-state index contributed by atoms with van der Waals surface area (Å²) in [6.45, 7) is 11.4. The van der Waals surface area contributed by atoms with Crippen LogP contribution in [0.25, 0.3) is 0 Å². The normalized spacial score (nSPS) is 12.9. The Morgan fingerprint density at radius 1 is 1.15 bits per heavy atom. The van der Waals surface area contributed by atoms with Gasteiger partial charge in [0.05, 0.1) is 18.1 Å². The zero-order chi connectivity index (χ0) is 20.1. The summed E-state index contributed by atoms with van der Waals surface area (Å²) in [5, 5.41) is 29.5. The van der Waals surface area contributed by atoms with Gasteiger partial charge in [-0.1, -0.05) is 6.92 Å². The number of hydrogen-bond donors (Lipinski definition) is 3. The quantitative estimate of drug-likeness (QED) is 0.538. The van der Waals surface area contributed by atoms with Crippen molar-refractivity contribution in [2.45, 2.75) is 79.8 Å².